The van der Waals surface area contributed by atoms with Crippen LogP contribution in [0.3, 0.4) is 0 Å². The second-order valence-electron chi connectivity index (χ2n) is 16.2. The number of nitrogens with zero attached hydrogens (tertiary/aromatic N) is 2. The zero-order valence-corrected chi connectivity index (χ0v) is 31.9. The van der Waals surface area contributed by atoms with Crippen molar-refractivity contribution in [1.29, 1.82) is 0 Å². The van der Waals surface area contributed by atoms with Crippen molar-refractivity contribution in [2.45, 2.75) is 166 Å². The predicted octanol–water partition coefficient (Wildman–Crippen LogP) is 5.05. The number of carbonyl (C=O) groups excluding carboxylic acids is 2. The number of amides is 1. The number of hydrogen-bond donors (Lipinski definition) is 4. The molecule has 51 heavy (non-hydrogen) atoms. The molecule has 1 saturated carbocycles. The van der Waals surface area contributed by atoms with Gasteiger partial charge in [-0.25, -0.2) is 4.79 Å². The largest absolute Gasteiger partial charge is 0.457 e. The van der Waals surface area contributed by atoms with Crippen LogP contribution in [0, 0.1) is 11.8 Å². The van der Waals surface area contributed by atoms with Gasteiger partial charge in [-0.1, -0.05) is 70.8 Å². The summed E-state index contributed by atoms with van der Waals surface area (Å²) in [7, 11) is 0. The topological polar surface area (TPSA) is 149 Å². The average Bonchev–Trinajstić information content (AvgIpc) is 3.24. The van der Waals surface area contributed by atoms with E-state index in [2.05, 4.69) is 4.90 Å². The van der Waals surface area contributed by atoms with Crippen LogP contribution in [0.2, 0.25) is 0 Å². The summed E-state index contributed by atoms with van der Waals surface area (Å²) in [5, 5.41) is 44.0. The van der Waals surface area contributed by atoms with Gasteiger partial charge >= 0.3 is 12.1 Å². The maximum absolute atomic E-state index is 13.5. The Morgan fingerprint density at radius 1 is 1.06 bits per heavy atom. The van der Waals surface area contributed by atoms with E-state index in [1.54, 1.807) is 49.1 Å². The molecule has 4 N–H and O–H groups in total. The average molecular weight is 719 g/mol. The highest BCUT2D eigenvalue weighted by molar-refractivity contribution is 5.70. The summed E-state index contributed by atoms with van der Waals surface area (Å²) in [5.41, 5.74) is -2.05. The molecule has 3 fully saturated rings. The van der Waals surface area contributed by atoms with Crippen LogP contribution in [0.15, 0.2) is 36.0 Å². The number of esters is 1. The number of allylic oxidation sites excluding steroid dienone is 2. The first kappa shape index (κ1) is 41.5. The molecule has 4 aliphatic rings. The van der Waals surface area contributed by atoms with Gasteiger partial charge in [0.25, 0.3) is 0 Å². The van der Waals surface area contributed by atoms with Gasteiger partial charge in [0.2, 0.25) is 0 Å². The SMILES string of the molecule is CCC1OC(CC(C)(O)C=CC=C(C)C2OC(=O)CC(O)CCC(C)(O)C(OC(=O)N3CCN(C4CCCCCC4)CC3)C=CC2C)C(O)C1C. The number of aliphatic hydroxyl groups excluding tert-OH is 2. The Morgan fingerprint density at radius 2 is 1.73 bits per heavy atom. The van der Waals surface area contributed by atoms with Gasteiger partial charge in [0.1, 0.15) is 11.7 Å². The monoisotopic (exact) mass is 718 g/mol. The number of carbonyl (C=O) groups is 2. The van der Waals surface area contributed by atoms with E-state index in [9.17, 15) is 30.0 Å². The van der Waals surface area contributed by atoms with Crippen molar-refractivity contribution in [3.8, 4) is 0 Å². The maximum atomic E-state index is 13.5. The van der Waals surface area contributed by atoms with Crippen molar-refractivity contribution >= 4 is 12.1 Å². The minimum Gasteiger partial charge on any atom is -0.457 e. The highest BCUT2D eigenvalue weighted by atomic mass is 16.6. The van der Waals surface area contributed by atoms with E-state index in [0.29, 0.717) is 24.7 Å². The second kappa shape index (κ2) is 18.7. The summed E-state index contributed by atoms with van der Waals surface area (Å²) in [6.07, 6.45) is 12.7. The van der Waals surface area contributed by atoms with Gasteiger partial charge in [-0.15, -0.1) is 0 Å². The third-order valence-corrected chi connectivity index (χ3v) is 11.6. The Balaban J connectivity index is 1.44. The van der Waals surface area contributed by atoms with Crippen LogP contribution < -0.4 is 0 Å². The molecule has 11 heteroatoms. The van der Waals surface area contributed by atoms with Gasteiger partial charge in [0.15, 0.2) is 6.10 Å². The van der Waals surface area contributed by atoms with E-state index in [-0.39, 0.29) is 43.6 Å². The molecular weight excluding hydrogens is 652 g/mol. The van der Waals surface area contributed by atoms with Crippen LogP contribution in [-0.2, 0) is 19.0 Å². The van der Waals surface area contributed by atoms with Crippen LogP contribution in [0.25, 0.3) is 0 Å². The van der Waals surface area contributed by atoms with E-state index < -0.39 is 53.8 Å². The van der Waals surface area contributed by atoms with Crippen LogP contribution in [0.5, 0.6) is 0 Å². The number of hydrogen-bond acceptors (Lipinski definition) is 10. The summed E-state index contributed by atoms with van der Waals surface area (Å²) in [6.45, 7) is 13.7. The molecule has 1 aliphatic carbocycles. The lowest BCUT2D eigenvalue weighted by Gasteiger charge is -2.40. The van der Waals surface area contributed by atoms with Crippen molar-refractivity contribution in [2.24, 2.45) is 11.8 Å². The highest BCUT2D eigenvalue weighted by Gasteiger charge is 2.42. The van der Waals surface area contributed by atoms with Crippen LogP contribution in [0.4, 0.5) is 4.79 Å². The first-order chi connectivity index (χ1) is 24.1. The summed E-state index contributed by atoms with van der Waals surface area (Å²) in [6, 6.07) is 0.579. The summed E-state index contributed by atoms with van der Waals surface area (Å²) in [4.78, 5) is 30.6. The summed E-state index contributed by atoms with van der Waals surface area (Å²) < 4.78 is 17.9. The highest BCUT2D eigenvalue weighted by Crippen LogP contribution is 2.34. The summed E-state index contributed by atoms with van der Waals surface area (Å²) in [5.74, 6) is -0.955. The van der Waals surface area contributed by atoms with Gasteiger partial charge in [-0.05, 0) is 64.5 Å². The number of aliphatic hydroxyl groups is 4. The molecule has 10 unspecified atom stereocenters. The van der Waals surface area contributed by atoms with Crippen LogP contribution in [0.1, 0.15) is 112 Å². The van der Waals surface area contributed by atoms with E-state index in [4.69, 9.17) is 14.2 Å². The normalized spacial score (nSPS) is 36.9. The van der Waals surface area contributed by atoms with Crippen molar-refractivity contribution < 1.29 is 44.2 Å². The van der Waals surface area contributed by atoms with Gasteiger partial charge in [0.05, 0.1) is 36.4 Å². The number of cyclic esters (lactones) is 1. The van der Waals surface area contributed by atoms with Crippen molar-refractivity contribution in [3.63, 3.8) is 0 Å². The van der Waals surface area contributed by atoms with Crippen molar-refractivity contribution in [2.75, 3.05) is 26.2 Å². The minimum absolute atomic E-state index is 0.0102. The smallest absolute Gasteiger partial charge is 0.410 e. The molecule has 0 spiro atoms. The maximum Gasteiger partial charge on any atom is 0.410 e. The lowest BCUT2D eigenvalue weighted by Crippen LogP contribution is -2.53. The van der Waals surface area contributed by atoms with E-state index >= 15 is 0 Å². The lowest BCUT2D eigenvalue weighted by atomic mass is 9.88. The van der Waals surface area contributed by atoms with Gasteiger partial charge in [-0.2, -0.15) is 0 Å². The van der Waals surface area contributed by atoms with Gasteiger partial charge in [-0.3, -0.25) is 9.69 Å². The molecule has 1 amide bonds. The van der Waals surface area contributed by atoms with E-state index in [1.165, 1.54) is 38.5 Å². The van der Waals surface area contributed by atoms with Crippen molar-refractivity contribution in [1.82, 2.24) is 9.80 Å². The Hall–Kier alpha value is -2.28. The Bertz CT molecular complexity index is 1220. The number of ether oxygens (including phenoxy) is 3. The zero-order chi connectivity index (χ0) is 37.3. The van der Waals surface area contributed by atoms with E-state index in [0.717, 1.165) is 19.5 Å². The number of rotatable bonds is 8. The third kappa shape index (κ3) is 11.9. The minimum atomic E-state index is -1.49. The molecule has 0 bridgehead atoms. The molecule has 4 rings (SSSR count). The fourth-order valence-corrected chi connectivity index (χ4v) is 8.13. The van der Waals surface area contributed by atoms with Gasteiger partial charge in [0, 0.05) is 50.5 Å². The Labute approximate surface area is 305 Å². The second-order valence-corrected chi connectivity index (χ2v) is 16.2. The molecule has 3 heterocycles. The standard InChI is InChI=1S/C40H66N2O9/c1-7-32-29(4)36(45)33(49-32)26-39(5,47)19-12-13-27(2)37-28(3)16-17-34(40(6,48)20-18-31(43)25-35(44)51-37)50-38(46)42-23-21-41(22-24-42)30-14-10-8-9-11-15-30/h12-13,16-17,19,28-34,36-37,43,45,47-48H,7-11,14-15,18,20-26H2,1-6H3. The Morgan fingerprint density at radius 3 is 2.35 bits per heavy atom. The molecule has 290 valence electrons. The fraction of sp³-hybridized carbons (Fsp3) is 0.800. The molecule has 3 aliphatic heterocycles. The molecule has 0 aromatic heterocycles. The van der Waals surface area contributed by atoms with Crippen LogP contribution >= 0.6 is 0 Å². The Kier molecular flexibility index (Phi) is 15.2. The summed E-state index contributed by atoms with van der Waals surface area (Å²) >= 11 is 0. The molecule has 0 radical (unpaired) electrons. The molecule has 0 aromatic rings. The molecule has 11 nitrogen and oxygen atoms in total. The third-order valence-electron chi connectivity index (χ3n) is 11.6. The van der Waals surface area contributed by atoms with Crippen LogP contribution in [-0.4, -0.2) is 122 Å². The quantitative estimate of drug-likeness (QED) is 0.116. The fourth-order valence-electron chi connectivity index (χ4n) is 8.13. The van der Waals surface area contributed by atoms with Crippen molar-refractivity contribution in [3.05, 3.63) is 36.0 Å². The lowest BCUT2D eigenvalue weighted by molar-refractivity contribution is -0.151. The number of piperazine rings is 1. The molecule has 10 atom stereocenters. The predicted molar refractivity (Wildman–Crippen MR) is 196 cm³/mol. The first-order valence-corrected chi connectivity index (χ1v) is 19.5. The van der Waals surface area contributed by atoms with E-state index in [1.807, 2.05) is 27.7 Å². The molecular formula is C40H66N2O9. The zero-order valence-electron chi connectivity index (χ0n) is 31.9. The van der Waals surface area contributed by atoms with Gasteiger partial charge < -0.3 is 39.5 Å². The molecule has 0 aromatic carbocycles. The molecule has 2 saturated heterocycles. The first-order valence-electron chi connectivity index (χ1n) is 19.5.